The Labute approximate surface area is 167 Å². The van der Waals surface area contributed by atoms with E-state index in [9.17, 15) is 14.9 Å². The van der Waals surface area contributed by atoms with Crippen molar-refractivity contribution in [2.75, 3.05) is 7.11 Å². The summed E-state index contributed by atoms with van der Waals surface area (Å²) in [5.74, 6) is 0.660. The van der Waals surface area contributed by atoms with E-state index in [1.807, 2.05) is 36.4 Å². The van der Waals surface area contributed by atoms with Crippen LogP contribution in [0.1, 0.15) is 27.6 Å². The van der Waals surface area contributed by atoms with Gasteiger partial charge in [-0.3, -0.25) is 14.9 Å². The highest BCUT2D eigenvalue weighted by Gasteiger charge is 2.21. The van der Waals surface area contributed by atoms with Crippen molar-refractivity contribution in [2.24, 2.45) is 0 Å². The molecule has 142 valence electrons. The molecule has 0 N–H and O–H groups in total. The minimum absolute atomic E-state index is 0.0214. The maximum Gasteiger partial charge on any atom is 0.269 e. The topological polar surface area (TPSA) is 69.4 Å². The summed E-state index contributed by atoms with van der Waals surface area (Å²) in [6, 6.07) is 23.2. The highest BCUT2D eigenvalue weighted by molar-refractivity contribution is 7.99. The molecule has 3 rings (SSSR count). The molecule has 0 heterocycles. The number of benzene rings is 3. The predicted octanol–water partition coefficient (Wildman–Crippen LogP) is 5.71. The van der Waals surface area contributed by atoms with E-state index in [2.05, 4.69) is 0 Å². The molecule has 0 amide bonds. The van der Waals surface area contributed by atoms with Crippen LogP contribution in [0.5, 0.6) is 5.75 Å². The van der Waals surface area contributed by atoms with Crippen molar-refractivity contribution in [3.05, 3.63) is 100 Å². The summed E-state index contributed by atoms with van der Waals surface area (Å²) in [6.07, 6.45) is 0.229. The Kier molecular flexibility index (Phi) is 6.45. The Balaban J connectivity index is 1.88. The van der Waals surface area contributed by atoms with Gasteiger partial charge >= 0.3 is 0 Å². The van der Waals surface area contributed by atoms with Crippen molar-refractivity contribution < 1.29 is 14.5 Å². The van der Waals surface area contributed by atoms with E-state index < -0.39 is 4.92 Å². The van der Waals surface area contributed by atoms with E-state index >= 15 is 0 Å². The van der Waals surface area contributed by atoms with Crippen molar-refractivity contribution in [3.63, 3.8) is 0 Å². The maximum atomic E-state index is 12.8. The lowest BCUT2D eigenvalue weighted by atomic mass is 10.0. The van der Waals surface area contributed by atoms with Gasteiger partial charge in [0.05, 0.1) is 12.0 Å². The summed E-state index contributed by atoms with van der Waals surface area (Å²) in [5.41, 5.74) is 1.36. The van der Waals surface area contributed by atoms with Crippen LogP contribution in [-0.4, -0.2) is 17.8 Å². The number of thioether (sulfide) groups is 1. The van der Waals surface area contributed by atoms with E-state index in [0.717, 1.165) is 10.5 Å². The second kappa shape index (κ2) is 9.19. The van der Waals surface area contributed by atoms with Crippen molar-refractivity contribution in [3.8, 4) is 5.75 Å². The van der Waals surface area contributed by atoms with Crippen LogP contribution in [-0.2, 0) is 0 Å². The fourth-order valence-electron chi connectivity index (χ4n) is 2.79. The van der Waals surface area contributed by atoms with Crippen LogP contribution in [0.3, 0.4) is 0 Å². The number of hydrogen-bond donors (Lipinski definition) is 0. The molecule has 0 aliphatic heterocycles. The normalized spacial score (nSPS) is 11.6. The van der Waals surface area contributed by atoms with Crippen LogP contribution in [0.4, 0.5) is 5.69 Å². The first-order valence-electron chi connectivity index (χ1n) is 8.70. The highest BCUT2D eigenvalue weighted by Crippen LogP contribution is 2.39. The Hall–Kier alpha value is -3.12. The van der Waals surface area contributed by atoms with Gasteiger partial charge in [-0.15, -0.1) is 11.8 Å². The monoisotopic (exact) mass is 393 g/mol. The van der Waals surface area contributed by atoms with Gasteiger partial charge in [0.15, 0.2) is 5.78 Å². The average molecular weight is 393 g/mol. The molecule has 1 atom stereocenters. The van der Waals surface area contributed by atoms with Gasteiger partial charge < -0.3 is 4.74 Å². The number of methoxy groups -OCH3 is 1. The quantitative estimate of drug-likeness (QED) is 0.212. The number of ether oxygens (including phenoxy) is 1. The van der Waals surface area contributed by atoms with Crippen LogP contribution in [0.15, 0.2) is 83.8 Å². The molecule has 0 radical (unpaired) electrons. The molecule has 0 aromatic heterocycles. The molecule has 6 heteroatoms. The zero-order valence-electron chi connectivity index (χ0n) is 15.3. The Bertz CT molecular complexity index is 958. The first kappa shape index (κ1) is 19.6. The smallest absolute Gasteiger partial charge is 0.269 e. The van der Waals surface area contributed by atoms with Crippen molar-refractivity contribution >= 4 is 23.2 Å². The number of rotatable bonds is 8. The zero-order valence-corrected chi connectivity index (χ0v) is 16.1. The summed E-state index contributed by atoms with van der Waals surface area (Å²) in [7, 11) is 1.58. The Morgan fingerprint density at radius 3 is 2.39 bits per heavy atom. The predicted molar refractivity (Wildman–Crippen MR) is 110 cm³/mol. The summed E-state index contributed by atoms with van der Waals surface area (Å²) in [6.45, 7) is 0. The van der Waals surface area contributed by atoms with Gasteiger partial charge in [0, 0.05) is 34.3 Å². The van der Waals surface area contributed by atoms with E-state index in [1.165, 1.54) is 17.8 Å². The van der Waals surface area contributed by atoms with Gasteiger partial charge in [0.2, 0.25) is 0 Å². The minimum atomic E-state index is -0.418. The number of nitro benzene ring substituents is 1. The largest absolute Gasteiger partial charge is 0.497 e. The molecule has 1 unspecified atom stereocenters. The van der Waals surface area contributed by atoms with Crippen molar-refractivity contribution in [2.45, 2.75) is 16.6 Å². The van der Waals surface area contributed by atoms with E-state index in [1.54, 1.807) is 43.5 Å². The number of carbonyl (C=O) groups is 1. The lowest BCUT2D eigenvalue weighted by Crippen LogP contribution is -2.06. The number of nitrogens with zero attached hydrogens (tertiary/aromatic N) is 1. The molecule has 0 bridgehead atoms. The van der Waals surface area contributed by atoms with Crippen molar-refractivity contribution in [1.29, 1.82) is 0 Å². The van der Waals surface area contributed by atoms with Gasteiger partial charge in [-0.05, 0) is 42.0 Å². The highest BCUT2D eigenvalue weighted by atomic mass is 32.2. The summed E-state index contributed by atoms with van der Waals surface area (Å²) in [5, 5.41) is 10.9. The molecule has 0 spiro atoms. The molecule has 5 nitrogen and oxygen atoms in total. The second-order valence-electron chi connectivity index (χ2n) is 6.13. The SMILES string of the molecule is COc1ccc(C(=O)CC(Sc2ccccc2)c2cccc([N+](=O)[O-])c2)cc1. The third-order valence-electron chi connectivity index (χ3n) is 4.26. The standard InChI is InChI=1S/C22H19NO4S/c1-27-19-12-10-16(11-13-19)21(24)15-22(28-20-8-3-2-4-9-20)17-6-5-7-18(14-17)23(25)26/h2-14,22H,15H2,1H3. The van der Waals surface area contributed by atoms with Gasteiger partial charge in [-0.2, -0.15) is 0 Å². The number of hydrogen-bond acceptors (Lipinski definition) is 5. The minimum Gasteiger partial charge on any atom is -0.497 e. The fourth-order valence-corrected chi connectivity index (χ4v) is 3.95. The first-order valence-corrected chi connectivity index (χ1v) is 9.58. The fraction of sp³-hybridized carbons (Fsp3) is 0.136. The molecule has 0 saturated heterocycles. The van der Waals surface area contributed by atoms with Gasteiger partial charge in [0.25, 0.3) is 5.69 Å². The van der Waals surface area contributed by atoms with E-state index in [0.29, 0.717) is 11.3 Å². The van der Waals surface area contributed by atoms with Gasteiger partial charge in [0.1, 0.15) is 5.75 Å². The summed E-state index contributed by atoms with van der Waals surface area (Å²) >= 11 is 1.52. The molecule has 0 aliphatic rings. The third kappa shape index (κ3) is 4.98. The molecule has 0 fully saturated rings. The van der Waals surface area contributed by atoms with Crippen LogP contribution in [0.2, 0.25) is 0 Å². The zero-order chi connectivity index (χ0) is 19.9. The number of carbonyl (C=O) groups excluding carboxylic acids is 1. The summed E-state index contributed by atoms with van der Waals surface area (Å²) in [4.78, 5) is 24.6. The first-order chi connectivity index (χ1) is 13.6. The second-order valence-corrected chi connectivity index (χ2v) is 7.40. The lowest BCUT2D eigenvalue weighted by molar-refractivity contribution is -0.384. The molecule has 3 aromatic rings. The van der Waals surface area contributed by atoms with Gasteiger partial charge in [-0.25, -0.2) is 0 Å². The lowest BCUT2D eigenvalue weighted by Gasteiger charge is -2.17. The van der Waals surface area contributed by atoms with Crippen LogP contribution < -0.4 is 4.74 Å². The van der Waals surface area contributed by atoms with Crippen LogP contribution in [0, 0.1) is 10.1 Å². The maximum absolute atomic E-state index is 12.8. The third-order valence-corrected chi connectivity index (χ3v) is 5.52. The Morgan fingerprint density at radius 1 is 1.04 bits per heavy atom. The van der Waals surface area contributed by atoms with Crippen LogP contribution >= 0.6 is 11.8 Å². The number of ketones is 1. The average Bonchev–Trinajstić information content (AvgIpc) is 2.74. The summed E-state index contributed by atoms with van der Waals surface area (Å²) < 4.78 is 5.13. The molecule has 0 aliphatic carbocycles. The van der Waals surface area contributed by atoms with E-state index in [-0.39, 0.29) is 23.1 Å². The molecular formula is C22H19NO4S. The number of nitro groups is 1. The van der Waals surface area contributed by atoms with Crippen LogP contribution in [0.25, 0.3) is 0 Å². The molecule has 3 aromatic carbocycles. The van der Waals surface area contributed by atoms with Crippen molar-refractivity contribution in [1.82, 2.24) is 0 Å². The van der Waals surface area contributed by atoms with Gasteiger partial charge in [-0.1, -0.05) is 30.3 Å². The molecule has 28 heavy (non-hydrogen) atoms. The number of non-ortho nitro benzene ring substituents is 1. The molecular weight excluding hydrogens is 374 g/mol. The number of Topliss-reactive ketones (excluding diaryl/α,β-unsaturated/α-hetero) is 1. The Morgan fingerprint density at radius 2 is 1.75 bits per heavy atom. The molecule has 0 saturated carbocycles. The van der Waals surface area contributed by atoms with E-state index in [4.69, 9.17) is 4.74 Å².